The number of hydrogen-bond donors (Lipinski definition) is 0. The predicted molar refractivity (Wildman–Crippen MR) is 145 cm³/mol. The molecule has 3 aromatic carbocycles. The number of hydrogen-bond acceptors (Lipinski definition) is 3. The van der Waals surface area contributed by atoms with Crippen LogP contribution in [0.2, 0.25) is 0 Å². The summed E-state index contributed by atoms with van der Waals surface area (Å²) in [7, 11) is 0. The third-order valence-corrected chi connectivity index (χ3v) is 6.18. The highest BCUT2D eigenvalue weighted by Crippen LogP contribution is 2.25. The molecule has 35 heavy (non-hydrogen) atoms. The molecule has 0 aromatic heterocycles. The van der Waals surface area contributed by atoms with Crippen LogP contribution in [0.3, 0.4) is 0 Å². The first-order valence-electron chi connectivity index (χ1n) is 12.6. The van der Waals surface area contributed by atoms with Crippen molar-refractivity contribution in [3.63, 3.8) is 0 Å². The van der Waals surface area contributed by atoms with Gasteiger partial charge in [-0.15, -0.1) is 0 Å². The van der Waals surface area contributed by atoms with Gasteiger partial charge in [0, 0.05) is 24.8 Å². The maximum absolute atomic E-state index is 13.8. The van der Waals surface area contributed by atoms with Crippen molar-refractivity contribution in [3.05, 3.63) is 93.8 Å². The minimum absolute atomic E-state index is 0.512. The second-order valence-corrected chi connectivity index (χ2v) is 8.87. The van der Waals surface area contributed by atoms with E-state index in [2.05, 4.69) is 55.1 Å². The van der Waals surface area contributed by atoms with Crippen molar-refractivity contribution in [2.45, 2.75) is 52.4 Å². The van der Waals surface area contributed by atoms with Gasteiger partial charge in [0.2, 0.25) is 5.82 Å². The molecule has 3 rings (SSSR count). The van der Waals surface area contributed by atoms with Crippen LogP contribution in [0, 0.1) is 15.9 Å². The smallest absolute Gasteiger partial charge is 0.304 e. The van der Waals surface area contributed by atoms with E-state index >= 15 is 0 Å². The molecule has 0 unspecified atom stereocenters. The summed E-state index contributed by atoms with van der Waals surface area (Å²) in [6, 6.07) is 20.9. The number of rotatable bonds is 13. The van der Waals surface area contributed by atoms with Gasteiger partial charge in [-0.05, 0) is 59.4 Å². The van der Waals surface area contributed by atoms with Crippen molar-refractivity contribution >= 4 is 23.5 Å². The molecule has 0 amide bonds. The quantitative estimate of drug-likeness (QED) is 0.108. The molecule has 0 bridgehead atoms. The van der Waals surface area contributed by atoms with Gasteiger partial charge in [-0.1, -0.05) is 88.1 Å². The number of unbranched alkanes of at least 4 members (excludes halogenated alkanes) is 4. The molecule has 5 heteroatoms. The Hall–Kier alpha value is -3.47. The van der Waals surface area contributed by atoms with Gasteiger partial charge in [-0.2, -0.15) is 4.39 Å². The summed E-state index contributed by atoms with van der Waals surface area (Å²) in [5, 5.41) is 10.8. The fraction of sp³-hybridized carbons (Fsp3) is 0.333. The van der Waals surface area contributed by atoms with E-state index in [0.717, 1.165) is 24.2 Å². The maximum atomic E-state index is 13.8. The lowest BCUT2D eigenvalue weighted by molar-refractivity contribution is -0.387. The second kappa shape index (κ2) is 13.4. The van der Waals surface area contributed by atoms with Crippen molar-refractivity contribution in [1.82, 2.24) is 0 Å². The summed E-state index contributed by atoms with van der Waals surface area (Å²) in [6.07, 6.45) is 11.1. The number of nitrogens with zero attached hydrogens (tertiary/aromatic N) is 2. The molecule has 184 valence electrons. The first kappa shape index (κ1) is 26.1. The lowest BCUT2D eigenvalue weighted by atomic mass is 10.0. The third kappa shape index (κ3) is 7.78. The molecule has 0 heterocycles. The second-order valence-electron chi connectivity index (χ2n) is 8.87. The Bertz CT molecular complexity index is 1100. The molecule has 4 nitrogen and oxygen atoms in total. The molecule has 0 radical (unpaired) electrons. The standard InChI is InChI=1S/C30H35FN2O2/c1-3-5-7-21-32(22-8-6-4-2)28-18-16-27(17-19-28)26-14-11-24(12-15-26)9-10-25-13-20-30(33(34)35)29(31)23-25/h9-20,23H,3-8,21-22H2,1-2H3/b10-9+. The Labute approximate surface area is 208 Å². The molecular formula is C30H35FN2O2. The Morgan fingerprint density at radius 2 is 1.29 bits per heavy atom. The Morgan fingerprint density at radius 3 is 1.80 bits per heavy atom. The van der Waals surface area contributed by atoms with E-state index in [0.29, 0.717) is 5.56 Å². The van der Waals surface area contributed by atoms with Crippen LogP contribution in [0.15, 0.2) is 66.7 Å². The monoisotopic (exact) mass is 474 g/mol. The number of anilines is 1. The molecule has 0 saturated carbocycles. The number of nitro benzene ring substituents is 1. The number of halogens is 1. The third-order valence-electron chi connectivity index (χ3n) is 6.18. The van der Waals surface area contributed by atoms with E-state index in [1.807, 2.05) is 18.2 Å². The van der Waals surface area contributed by atoms with Crippen molar-refractivity contribution < 1.29 is 9.31 Å². The maximum Gasteiger partial charge on any atom is 0.304 e. The number of benzene rings is 3. The summed E-state index contributed by atoms with van der Waals surface area (Å²) in [5.74, 6) is -0.828. The molecule has 0 fully saturated rings. The Morgan fingerprint density at radius 1 is 0.771 bits per heavy atom. The first-order valence-corrected chi connectivity index (χ1v) is 12.6. The molecule has 0 aliphatic carbocycles. The van der Waals surface area contributed by atoms with Crippen LogP contribution in [-0.2, 0) is 0 Å². The van der Waals surface area contributed by atoms with Crippen LogP contribution in [0.1, 0.15) is 63.5 Å². The molecule has 3 aromatic rings. The highest BCUT2D eigenvalue weighted by molar-refractivity contribution is 5.73. The molecule has 0 spiro atoms. The largest absolute Gasteiger partial charge is 0.372 e. The topological polar surface area (TPSA) is 46.4 Å². The Kier molecular flexibility index (Phi) is 10.0. The minimum atomic E-state index is -0.828. The van der Waals surface area contributed by atoms with Gasteiger partial charge >= 0.3 is 5.69 Å². The zero-order valence-electron chi connectivity index (χ0n) is 20.8. The molecule has 0 atom stereocenters. The molecule has 0 saturated heterocycles. The van der Waals surface area contributed by atoms with Gasteiger partial charge < -0.3 is 4.90 Å². The summed E-state index contributed by atoms with van der Waals surface area (Å²) >= 11 is 0. The van der Waals surface area contributed by atoms with Crippen LogP contribution in [0.4, 0.5) is 15.8 Å². The van der Waals surface area contributed by atoms with Crippen LogP contribution < -0.4 is 4.90 Å². The van der Waals surface area contributed by atoms with E-state index in [9.17, 15) is 14.5 Å². The zero-order valence-corrected chi connectivity index (χ0v) is 20.8. The molecule has 0 aliphatic rings. The summed E-state index contributed by atoms with van der Waals surface area (Å²) in [5.41, 5.74) is 4.64. The van der Waals surface area contributed by atoms with Gasteiger partial charge in [-0.25, -0.2) is 0 Å². The zero-order chi connectivity index (χ0) is 25.0. The van der Waals surface area contributed by atoms with Gasteiger partial charge in [0.25, 0.3) is 0 Å². The van der Waals surface area contributed by atoms with Crippen molar-refractivity contribution in [2.75, 3.05) is 18.0 Å². The van der Waals surface area contributed by atoms with Crippen molar-refractivity contribution in [1.29, 1.82) is 0 Å². The number of nitro groups is 1. The fourth-order valence-corrected chi connectivity index (χ4v) is 4.09. The predicted octanol–water partition coefficient (Wildman–Crippen LogP) is 8.76. The normalized spacial score (nSPS) is 11.2. The van der Waals surface area contributed by atoms with Crippen LogP contribution in [0.25, 0.3) is 23.3 Å². The average Bonchev–Trinajstić information content (AvgIpc) is 2.87. The first-order chi connectivity index (χ1) is 17.0. The lowest BCUT2D eigenvalue weighted by Gasteiger charge is -2.25. The van der Waals surface area contributed by atoms with E-state index in [4.69, 9.17) is 0 Å². The van der Waals surface area contributed by atoms with Gasteiger partial charge in [-0.3, -0.25) is 10.1 Å². The molecule has 0 N–H and O–H groups in total. The van der Waals surface area contributed by atoms with Crippen molar-refractivity contribution in [2.24, 2.45) is 0 Å². The SMILES string of the molecule is CCCCCN(CCCCC)c1ccc(-c2ccc(/C=C/c3ccc([N+](=O)[O-])c(F)c3)cc2)cc1. The lowest BCUT2D eigenvalue weighted by Crippen LogP contribution is -2.25. The van der Waals surface area contributed by atoms with Gasteiger partial charge in [0.15, 0.2) is 0 Å². The molecular weight excluding hydrogens is 439 g/mol. The molecule has 0 aliphatic heterocycles. The fourth-order valence-electron chi connectivity index (χ4n) is 4.09. The van der Waals surface area contributed by atoms with E-state index in [1.54, 1.807) is 12.1 Å². The van der Waals surface area contributed by atoms with Gasteiger partial charge in [0.1, 0.15) is 0 Å². The summed E-state index contributed by atoms with van der Waals surface area (Å²) in [6.45, 7) is 6.70. The minimum Gasteiger partial charge on any atom is -0.372 e. The van der Waals surface area contributed by atoms with Gasteiger partial charge in [0.05, 0.1) is 4.92 Å². The highest BCUT2D eigenvalue weighted by atomic mass is 19.1. The average molecular weight is 475 g/mol. The van der Waals surface area contributed by atoms with E-state index in [-0.39, 0.29) is 0 Å². The summed E-state index contributed by atoms with van der Waals surface area (Å²) in [4.78, 5) is 12.6. The van der Waals surface area contributed by atoms with E-state index < -0.39 is 16.4 Å². The van der Waals surface area contributed by atoms with Crippen LogP contribution >= 0.6 is 0 Å². The van der Waals surface area contributed by atoms with Crippen molar-refractivity contribution in [3.8, 4) is 11.1 Å². The van der Waals surface area contributed by atoms with Crippen LogP contribution in [0.5, 0.6) is 0 Å². The van der Waals surface area contributed by atoms with Crippen LogP contribution in [-0.4, -0.2) is 18.0 Å². The Balaban J connectivity index is 1.66. The van der Waals surface area contributed by atoms with E-state index in [1.165, 1.54) is 61.9 Å². The highest BCUT2D eigenvalue weighted by Gasteiger charge is 2.12. The summed E-state index contributed by atoms with van der Waals surface area (Å²) < 4.78 is 13.8.